The van der Waals surface area contributed by atoms with Crippen molar-refractivity contribution in [1.82, 2.24) is 9.55 Å². The SMILES string of the molecule is CCCCCCCCCCNc1nccn1C1CC1. The molecule has 0 saturated heterocycles. The molecule has 0 aliphatic heterocycles. The van der Waals surface area contributed by atoms with E-state index in [1.54, 1.807) is 0 Å². The zero-order valence-electron chi connectivity index (χ0n) is 12.4. The average molecular weight is 263 g/mol. The van der Waals surface area contributed by atoms with E-state index in [4.69, 9.17) is 0 Å². The van der Waals surface area contributed by atoms with Crippen molar-refractivity contribution in [2.75, 3.05) is 11.9 Å². The molecular weight excluding hydrogens is 234 g/mol. The van der Waals surface area contributed by atoms with E-state index in [1.807, 2.05) is 6.20 Å². The van der Waals surface area contributed by atoms with E-state index in [1.165, 1.54) is 64.2 Å². The van der Waals surface area contributed by atoms with Gasteiger partial charge in [0, 0.05) is 25.0 Å². The molecule has 19 heavy (non-hydrogen) atoms. The molecule has 108 valence electrons. The summed E-state index contributed by atoms with van der Waals surface area (Å²) in [6.07, 6.45) is 17.7. The van der Waals surface area contributed by atoms with Crippen molar-refractivity contribution in [2.45, 2.75) is 77.2 Å². The van der Waals surface area contributed by atoms with Gasteiger partial charge in [0.1, 0.15) is 0 Å². The summed E-state index contributed by atoms with van der Waals surface area (Å²) < 4.78 is 2.30. The van der Waals surface area contributed by atoms with E-state index in [0.717, 1.165) is 18.5 Å². The zero-order valence-corrected chi connectivity index (χ0v) is 12.4. The number of hydrogen-bond acceptors (Lipinski definition) is 2. The van der Waals surface area contributed by atoms with Gasteiger partial charge < -0.3 is 9.88 Å². The fourth-order valence-electron chi connectivity index (χ4n) is 2.56. The summed E-state index contributed by atoms with van der Waals surface area (Å²) in [5.41, 5.74) is 0. The second-order valence-electron chi connectivity index (χ2n) is 5.79. The van der Waals surface area contributed by atoms with Crippen LogP contribution in [0.3, 0.4) is 0 Å². The summed E-state index contributed by atoms with van der Waals surface area (Å²) in [6, 6.07) is 0.726. The molecule has 1 aliphatic carbocycles. The molecule has 0 unspecified atom stereocenters. The third kappa shape index (κ3) is 5.25. The predicted octanol–water partition coefficient (Wildman–Crippen LogP) is 4.77. The molecule has 3 nitrogen and oxygen atoms in total. The van der Waals surface area contributed by atoms with Crippen LogP contribution in [0.25, 0.3) is 0 Å². The zero-order chi connectivity index (χ0) is 13.3. The summed E-state index contributed by atoms with van der Waals surface area (Å²) in [4.78, 5) is 4.40. The number of unbranched alkanes of at least 4 members (excludes halogenated alkanes) is 7. The van der Waals surface area contributed by atoms with Crippen LogP contribution in [0.15, 0.2) is 12.4 Å². The lowest BCUT2D eigenvalue weighted by Crippen LogP contribution is -2.07. The molecule has 1 aromatic heterocycles. The molecule has 1 fully saturated rings. The maximum absolute atomic E-state index is 4.40. The Balaban J connectivity index is 1.46. The fraction of sp³-hybridized carbons (Fsp3) is 0.812. The molecule has 0 spiro atoms. The van der Waals surface area contributed by atoms with E-state index >= 15 is 0 Å². The highest BCUT2D eigenvalue weighted by atomic mass is 15.2. The third-order valence-corrected chi connectivity index (χ3v) is 3.92. The van der Waals surface area contributed by atoms with Gasteiger partial charge >= 0.3 is 0 Å². The molecule has 1 saturated carbocycles. The van der Waals surface area contributed by atoms with Crippen molar-refractivity contribution >= 4 is 5.95 Å². The number of imidazole rings is 1. The predicted molar refractivity (Wildman–Crippen MR) is 81.6 cm³/mol. The normalized spacial score (nSPS) is 14.8. The average Bonchev–Trinajstić information content (AvgIpc) is 3.16. The Morgan fingerprint density at radius 2 is 1.79 bits per heavy atom. The first-order valence-corrected chi connectivity index (χ1v) is 8.18. The highest BCUT2D eigenvalue weighted by Gasteiger charge is 2.25. The molecule has 0 aromatic carbocycles. The molecule has 3 heteroatoms. The van der Waals surface area contributed by atoms with Crippen LogP contribution in [-0.2, 0) is 0 Å². The second-order valence-corrected chi connectivity index (χ2v) is 5.79. The van der Waals surface area contributed by atoms with E-state index in [-0.39, 0.29) is 0 Å². The molecular formula is C16H29N3. The van der Waals surface area contributed by atoms with Crippen LogP contribution < -0.4 is 5.32 Å². The maximum Gasteiger partial charge on any atom is 0.203 e. The van der Waals surface area contributed by atoms with E-state index < -0.39 is 0 Å². The van der Waals surface area contributed by atoms with Crippen molar-refractivity contribution in [3.05, 3.63) is 12.4 Å². The highest BCUT2D eigenvalue weighted by Crippen LogP contribution is 2.36. The van der Waals surface area contributed by atoms with Crippen LogP contribution in [0.1, 0.15) is 77.2 Å². The number of anilines is 1. The standard InChI is InChI=1S/C16H29N3/c1-2-3-4-5-6-7-8-9-12-17-16-18-13-14-19(16)15-10-11-15/h13-15H,2-12H2,1H3,(H,17,18). The molecule has 1 aliphatic rings. The summed E-state index contributed by atoms with van der Waals surface area (Å²) in [5.74, 6) is 1.07. The first kappa shape index (κ1) is 14.4. The van der Waals surface area contributed by atoms with Gasteiger partial charge in [0.15, 0.2) is 0 Å². The topological polar surface area (TPSA) is 29.9 Å². The molecule has 0 bridgehead atoms. The molecule has 0 radical (unpaired) electrons. The molecule has 1 heterocycles. The smallest absolute Gasteiger partial charge is 0.203 e. The Kier molecular flexibility index (Phi) is 6.25. The maximum atomic E-state index is 4.40. The second kappa shape index (κ2) is 8.23. The largest absolute Gasteiger partial charge is 0.356 e. The van der Waals surface area contributed by atoms with Gasteiger partial charge in [-0.2, -0.15) is 0 Å². The van der Waals surface area contributed by atoms with Crippen molar-refractivity contribution in [3.63, 3.8) is 0 Å². The third-order valence-electron chi connectivity index (χ3n) is 3.92. The summed E-state index contributed by atoms with van der Waals surface area (Å²) in [7, 11) is 0. The van der Waals surface area contributed by atoms with Crippen LogP contribution >= 0.6 is 0 Å². The summed E-state index contributed by atoms with van der Waals surface area (Å²) in [6.45, 7) is 3.34. The van der Waals surface area contributed by atoms with Gasteiger partial charge in [-0.05, 0) is 19.3 Å². The summed E-state index contributed by atoms with van der Waals surface area (Å²) in [5, 5.41) is 3.48. The van der Waals surface area contributed by atoms with E-state index in [2.05, 4.69) is 28.0 Å². The Morgan fingerprint density at radius 1 is 1.11 bits per heavy atom. The van der Waals surface area contributed by atoms with Crippen LogP contribution in [0.4, 0.5) is 5.95 Å². The minimum absolute atomic E-state index is 0.726. The summed E-state index contributed by atoms with van der Waals surface area (Å²) >= 11 is 0. The molecule has 1 N–H and O–H groups in total. The first-order chi connectivity index (χ1) is 9.42. The lowest BCUT2D eigenvalue weighted by molar-refractivity contribution is 0.580. The van der Waals surface area contributed by atoms with Crippen LogP contribution in [0, 0.1) is 0 Å². The van der Waals surface area contributed by atoms with Crippen LogP contribution in [0.2, 0.25) is 0 Å². The lowest BCUT2D eigenvalue weighted by atomic mass is 10.1. The minimum Gasteiger partial charge on any atom is -0.356 e. The van der Waals surface area contributed by atoms with Gasteiger partial charge in [0.25, 0.3) is 0 Å². The van der Waals surface area contributed by atoms with Gasteiger partial charge in [-0.25, -0.2) is 4.98 Å². The number of nitrogens with zero attached hydrogens (tertiary/aromatic N) is 2. The van der Waals surface area contributed by atoms with Crippen molar-refractivity contribution in [2.24, 2.45) is 0 Å². The quantitative estimate of drug-likeness (QED) is 0.583. The Labute approximate surface area is 117 Å². The number of rotatable bonds is 11. The number of hydrogen-bond donors (Lipinski definition) is 1. The number of nitrogens with one attached hydrogen (secondary N) is 1. The van der Waals surface area contributed by atoms with E-state index in [9.17, 15) is 0 Å². The highest BCUT2D eigenvalue weighted by molar-refractivity contribution is 5.27. The molecule has 2 rings (SSSR count). The van der Waals surface area contributed by atoms with Crippen LogP contribution in [0.5, 0.6) is 0 Å². The number of aromatic nitrogens is 2. The van der Waals surface area contributed by atoms with Gasteiger partial charge in [0.05, 0.1) is 0 Å². The first-order valence-electron chi connectivity index (χ1n) is 8.18. The van der Waals surface area contributed by atoms with Gasteiger partial charge in [-0.3, -0.25) is 0 Å². The minimum atomic E-state index is 0.726. The fourth-order valence-corrected chi connectivity index (χ4v) is 2.56. The van der Waals surface area contributed by atoms with Crippen molar-refractivity contribution in [3.8, 4) is 0 Å². The van der Waals surface area contributed by atoms with Gasteiger partial charge in [-0.1, -0.05) is 51.9 Å². The van der Waals surface area contributed by atoms with Gasteiger partial charge in [0.2, 0.25) is 5.95 Å². The van der Waals surface area contributed by atoms with E-state index in [0.29, 0.717) is 0 Å². The molecule has 0 atom stereocenters. The van der Waals surface area contributed by atoms with Gasteiger partial charge in [-0.15, -0.1) is 0 Å². The van der Waals surface area contributed by atoms with Crippen molar-refractivity contribution in [1.29, 1.82) is 0 Å². The molecule has 1 aromatic rings. The van der Waals surface area contributed by atoms with Crippen LogP contribution in [-0.4, -0.2) is 16.1 Å². The Morgan fingerprint density at radius 3 is 2.47 bits per heavy atom. The Bertz CT molecular complexity index is 342. The van der Waals surface area contributed by atoms with Crippen molar-refractivity contribution < 1.29 is 0 Å². The Hall–Kier alpha value is -0.990. The molecule has 0 amide bonds. The lowest BCUT2D eigenvalue weighted by Gasteiger charge is -2.08. The monoisotopic (exact) mass is 263 g/mol.